The Balaban J connectivity index is 2.02. The monoisotopic (exact) mass is 214 g/mol. The van der Waals surface area contributed by atoms with E-state index in [1.54, 1.807) is 0 Å². The number of nitrogens with one attached hydrogen (secondary N) is 1. The Hall–Kier alpha value is -1.49. The average molecular weight is 214 g/mol. The van der Waals surface area contributed by atoms with Gasteiger partial charge in [-0.15, -0.1) is 0 Å². The van der Waals surface area contributed by atoms with Gasteiger partial charge >= 0.3 is 0 Å². The molecule has 2 atom stereocenters. The molecule has 0 radical (unpaired) electrons. The molecule has 16 heavy (non-hydrogen) atoms. The second kappa shape index (κ2) is 5.03. The van der Waals surface area contributed by atoms with Crippen LogP contribution in [-0.4, -0.2) is 6.04 Å². The third-order valence-corrected chi connectivity index (χ3v) is 3.37. The van der Waals surface area contributed by atoms with Crippen molar-refractivity contribution in [3.63, 3.8) is 0 Å². The molecule has 84 valence electrons. The minimum Gasteiger partial charge on any atom is -0.382 e. The third kappa shape index (κ3) is 2.36. The quantitative estimate of drug-likeness (QED) is 0.837. The van der Waals surface area contributed by atoms with Crippen molar-refractivity contribution >= 4 is 5.69 Å². The van der Waals surface area contributed by atoms with Crippen LogP contribution in [0.25, 0.3) is 0 Å². The summed E-state index contributed by atoms with van der Waals surface area (Å²) in [4.78, 5) is 0. The highest BCUT2D eigenvalue weighted by atomic mass is 14.9. The van der Waals surface area contributed by atoms with Crippen LogP contribution in [0.2, 0.25) is 0 Å². The lowest BCUT2D eigenvalue weighted by Crippen LogP contribution is -2.16. The van der Waals surface area contributed by atoms with E-state index in [0.29, 0.717) is 6.04 Å². The zero-order valence-electron chi connectivity index (χ0n) is 9.74. The van der Waals surface area contributed by atoms with Crippen molar-refractivity contribution in [3.8, 4) is 6.07 Å². The summed E-state index contributed by atoms with van der Waals surface area (Å²) in [6.07, 6.45) is 4.21. The van der Waals surface area contributed by atoms with Crippen LogP contribution in [0.15, 0.2) is 24.3 Å². The fourth-order valence-corrected chi connectivity index (χ4v) is 2.42. The van der Waals surface area contributed by atoms with Gasteiger partial charge in [-0.1, -0.05) is 25.1 Å². The van der Waals surface area contributed by atoms with Crippen LogP contribution in [0.3, 0.4) is 0 Å². The van der Waals surface area contributed by atoms with Gasteiger partial charge in [0, 0.05) is 17.6 Å². The molecule has 1 N–H and O–H groups in total. The van der Waals surface area contributed by atoms with E-state index in [9.17, 15) is 0 Å². The van der Waals surface area contributed by atoms with E-state index in [-0.39, 0.29) is 5.92 Å². The molecule has 0 saturated heterocycles. The second-order valence-electron chi connectivity index (χ2n) is 4.49. The fourth-order valence-electron chi connectivity index (χ4n) is 2.42. The molecule has 0 bridgehead atoms. The SMILES string of the molecule is CCc1ccccc1NC1CCC(C#N)C1. The molecule has 0 aliphatic heterocycles. The standard InChI is InChI=1S/C14H18N2/c1-2-12-5-3-4-6-14(12)16-13-8-7-11(9-13)10-15/h3-6,11,13,16H,2,7-9H2,1H3. The van der Waals surface area contributed by atoms with E-state index in [0.717, 1.165) is 25.7 Å². The Morgan fingerprint density at radius 2 is 2.19 bits per heavy atom. The first-order valence-electron chi connectivity index (χ1n) is 6.07. The number of benzene rings is 1. The highest BCUT2D eigenvalue weighted by Gasteiger charge is 2.24. The minimum atomic E-state index is 0.256. The van der Waals surface area contributed by atoms with E-state index in [4.69, 9.17) is 5.26 Å². The van der Waals surface area contributed by atoms with E-state index in [1.807, 2.05) is 0 Å². The Morgan fingerprint density at radius 1 is 1.38 bits per heavy atom. The smallest absolute Gasteiger partial charge is 0.0656 e. The average Bonchev–Trinajstić information content (AvgIpc) is 2.77. The molecule has 2 rings (SSSR count). The number of hydrogen-bond donors (Lipinski definition) is 1. The van der Waals surface area contributed by atoms with Gasteiger partial charge in [-0.25, -0.2) is 0 Å². The summed E-state index contributed by atoms with van der Waals surface area (Å²) in [6.45, 7) is 2.17. The van der Waals surface area contributed by atoms with Crippen LogP contribution in [0.1, 0.15) is 31.7 Å². The summed E-state index contributed by atoms with van der Waals surface area (Å²) < 4.78 is 0. The number of hydrogen-bond acceptors (Lipinski definition) is 2. The fraction of sp³-hybridized carbons (Fsp3) is 0.500. The second-order valence-corrected chi connectivity index (χ2v) is 4.49. The van der Waals surface area contributed by atoms with Gasteiger partial charge in [-0.2, -0.15) is 5.26 Å². The molecule has 2 unspecified atom stereocenters. The zero-order valence-corrected chi connectivity index (χ0v) is 9.74. The number of rotatable bonds is 3. The molecule has 0 spiro atoms. The van der Waals surface area contributed by atoms with Gasteiger partial charge in [0.05, 0.1) is 6.07 Å². The van der Waals surface area contributed by atoms with Gasteiger partial charge in [0.1, 0.15) is 0 Å². The van der Waals surface area contributed by atoms with Crippen molar-refractivity contribution in [1.82, 2.24) is 0 Å². The Bertz CT molecular complexity index is 392. The Morgan fingerprint density at radius 3 is 2.88 bits per heavy atom. The van der Waals surface area contributed by atoms with Gasteiger partial charge in [-0.3, -0.25) is 0 Å². The van der Waals surface area contributed by atoms with Crippen molar-refractivity contribution in [2.24, 2.45) is 5.92 Å². The van der Waals surface area contributed by atoms with Gasteiger partial charge < -0.3 is 5.32 Å². The number of aryl methyl sites for hydroxylation is 1. The zero-order chi connectivity index (χ0) is 11.4. The van der Waals surface area contributed by atoms with Gasteiger partial charge in [-0.05, 0) is 37.3 Å². The molecule has 1 aromatic rings. The summed E-state index contributed by atoms with van der Waals surface area (Å²) in [5.41, 5.74) is 2.61. The summed E-state index contributed by atoms with van der Waals surface area (Å²) >= 11 is 0. The van der Waals surface area contributed by atoms with Crippen molar-refractivity contribution in [2.75, 3.05) is 5.32 Å². The molecule has 1 aromatic carbocycles. The summed E-state index contributed by atoms with van der Waals surface area (Å²) in [5, 5.41) is 12.4. The van der Waals surface area contributed by atoms with Crippen molar-refractivity contribution in [3.05, 3.63) is 29.8 Å². The first-order valence-corrected chi connectivity index (χ1v) is 6.07. The summed E-state index contributed by atoms with van der Waals surface area (Å²) in [7, 11) is 0. The summed E-state index contributed by atoms with van der Waals surface area (Å²) in [5.74, 6) is 0.256. The minimum absolute atomic E-state index is 0.256. The first-order chi connectivity index (χ1) is 7.83. The molecule has 1 aliphatic rings. The van der Waals surface area contributed by atoms with Crippen LogP contribution >= 0.6 is 0 Å². The van der Waals surface area contributed by atoms with Crippen LogP contribution in [0.5, 0.6) is 0 Å². The lowest BCUT2D eigenvalue weighted by molar-refractivity contribution is 0.683. The van der Waals surface area contributed by atoms with Gasteiger partial charge in [0.25, 0.3) is 0 Å². The lowest BCUT2D eigenvalue weighted by Gasteiger charge is -2.16. The maximum atomic E-state index is 8.87. The highest BCUT2D eigenvalue weighted by molar-refractivity contribution is 5.51. The largest absolute Gasteiger partial charge is 0.382 e. The lowest BCUT2D eigenvalue weighted by atomic mass is 10.1. The molecule has 2 heteroatoms. The maximum Gasteiger partial charge on any atom is 0.0656 e. The molecule has 1 aliphatic carbocycles. The normalized spacial score (nSPS) is 24.0. The van der Waals surface area contributed by atoms with Gasteiger partial charge in [0.15, 0.2) is 0 Å². The number of para-hydroxylation sites is 1. The van der Waals surface area contributed by atoms with E-state index in [1.165, 1.54) is 11.3 Å². The number of nitriles is 1. The molecule has 1 saturated carbocycles. The third-order valence-electron chi connectivity index (χ3n) is 3.37. The van der Waals surface area contributed by atoms with Gasteiger partial charge in [0.2, 0.25) is 0 Å². The van der Waals surface area contributed by atoms with Crippen molar-refractivity contribution in [2.45, 2.75) is 38.6 Å². The van der Waals surface area contributed by atoms with E-state index < -0.39 is 0 Å². The van der Waals surface area contributed by atoms with Crippen molar-refractivity contribution in [1.29, 1.82) is 5.26 Å². The van der Waals surface area contributed by atoms with Crippen LogP contribution in [0.4, 0.5) is 5.69 Å². The molecular weight excluding hydrogens is 196 g/mol. The molecule has 2 nitrogen and oxygen atoms in total. The Labute approximate surface area is 97.3 Å². The highest BCUT2D eigenvalue weighted by Crippen LogP contribution is 2.28. The predicted octanol–water partition coefficient (Wildman–Crippen LogP) is 3.35. The van der Waals surface area contributed by atoms with E-state index >= 15 is 0 Å². The molecule has 0 aromatic heterocycles. The molecule has 1 fully saturated rings. The van der Waals surface area contributed by atoms with E-state index in [2.05, 4.69) is 42.6 Å². The molecule has 0 amide bonds. The first kappa shape index (κ1) is 11.0. The Kier molecular flexibility index (Phi) is 3.46. The number of nitrogens with zero attached hydrogens (tertiary/aromatic N) is 1. The molecular formula is C14H18N2. The van der Waals surface area contributed by atoms with Crippen LogP contribution in [0, 0.1) is 17.2 Å². The van der Waals surface area contributed by atoms with Crippen LogP contribution in [-0.2, 0) is 6.42 Å². The molecule has 0 heterocycles. The maximum absolute atomic E-state index is 8.87. The van der Waals surface area contributed by atoms with Crippen molar-refractivity contribution < 1.29 is 0 Å². The topological polar surface area (TPSA) is 35.8 Å². The predicted molar refractivity (Wildman–Crippen MR) is 66.2 cm³/mol. The number of anilines is 1. The summed E-state index contributed by atoms with van der Waals surface area (Å²) in [6, 6.07) is 11.3. The van der Waals surface area contributed by atoms with Crippen LogP contribution < -0.4 is 5.32 Å².